The highest BCUT2D eigenvalue weighted by Gasteiger charge is 2.56. The van der Waals surface area contributed by atoms with Gasteiger partial charge in [0.05, 0.1) is 24.8 Å². The molecule has 3 aliphatic rings. The molecule has 3 rings (SSSR count). The molecule has 0 amide bonds. The van der Waals surface area contributed by atoms with E-state index in [2.05, 4.69) is 5.06 Å². The van der Waals surface area contributed by atoms with Crippen LogP contribution in [-0.2, 0) is 4.84 Å². The van der Waals surface area contributed by atoms with Crippen LogP contribution in [0.3, 0.4) is 0 Å². The second-order valence-corrected chi connectivity index (χ2v) is 5.04. The summed E-state index contributed by atoms with van der Waals surface area (Å²) in [5.74, 6) is 0.747. The van der Waals surface area contributed by atoms with Gasteiger partial charge in [-0.25, -0.2) is 0 Å². The minimum absolute atomic E-state index is 0.258. The van der Waals surface area contributed by atoms with Crippen molar-refractivity contribution < 1.29 is 9.94 Å². The zero-order valence-electron chi connectivity index (χ0n) is 8.61. The fourth-order valence-corrected chi connectivity index (χ4v) is 3.79. The summed E-state index contributed by atoms with van der Waals surface area (Å²) in [6.07, 6.45) is 7.62. The Hall–Kier alpha value is -0.120. The minimum atomic E-state index is 0.258. The van der Waals surface area contributed by atoms with Crippen LogP contribution in [0.5, 0.6) is 0 Å². The predicted molar refractivity (Wildman–Crippen MR) is 52.6 cm³/mol. The van der Waals surface area contributed by atoms with E-state index in [-0.39, 0.29) is 12.6 Å². The predicted octanol–water partition coefficient (Wildman–Crippen LogP) is 1.32. The summed E-state index contributed by atoms with van der Waals surface area (Å²) in [5.41, 5.74) is 0.325. The van der Waals surface area contributed by atoms with Crippen molar-refractivity contribution in [3.63, 3.8) is 0 Å². The Kier molecular flexibility index (Phi) is 2.08. The summed E-state index contributed by atoms with van der Waals surface area (Å²) in [5, 5.41) is 11.5. The van der Waals surface area contributed by atoms with Crippen LogP contribution in [0.1, 0.15) is 38.5 Å². The van der Waals surface area contributed by atoms with Gasteiger partial charge in [0.25, 0.3) is 0 Å². The topological polar surface area (TPSA) is 32.7 Å². The summed E-state index contributed by atoms with van der Waals surface area (Å²) in [6.45, 7) is 1.16. The molecule has 2 heterocycles. The fourth-order valence-electron chi connectivity index (χ4n) is 3.79. The molecular weight excluding hydrogens is 178 g/mol. The average molecular weight is 197 g/mol. The first-order valence-corrected chi connectivity index (χ1v) is 5.90. The van der Waals surface area contributed by atoms with Gasteiger partial charge in [0, 0.05) is 5.92 Å². The largest absolute Gasteiger partial charge is 0.395 e. The van der Waals surface area contributed by atoms with Crippen LogP contribution in [0, 0.1) is 5.92 Å². The quantitative estimate of drug-likeness (QED) is 0.688. The summed E-state index contributed by atoms with van der Waals surface area (Å²) in [6, 6.07) is 0.270. The molecule has 0 aromatic rings. The van der Waals surface area contributed by atoms with Gasteiger partial charge in [0.1, 0.15) is 0 Å². The first-order chi connectivity index (χ1) is 6.87. The third kappa shape index (κ3) is 1.03. The van der Waals surface area contributed by atoms with Crippen molar-refractivity contribution in [3.8, 4) is 0 Å². The molecule has 80 valence electrons. The van der Waals surface area contributed by atoms with E-state index in [0.29, 0.717) is 5.54 Å². The van der Waals surface area contributed by atoms with Crippen molar-refractivity contribution in [1.29, 1.82) is 0 Å². The maximum absolute atomic E-state index is 9.33. The number of rotatable bonds is 1. The Morgan fingerprint density at radius 2 is 2.07 bits per heavy atom. The van der Waals surface area contributed by atoms with Crippen LogP contribution >= 0.6 is 0 Å². The monoisotopic (exact) mass is 197 g/mol. The highest BCUT2D eigenvalue weighted by molar-refractivity contribution is 5.05. The zero-order chi connectivity index (χ0) is 9.60. The van der Waals surface area contributed by atoms with Crippen LogP contribution in [-0.4, -0.2) is 35.0 Å². The first kappa shape index (κ1) is 9.13. The zero-order valence-corrected chi connectivity index (χ0v) is 8.61. The van der Waals surface area contributed by atoms with E-state index >= 15 is 0 Å². The number of piperidine rings is 1. The van der Waals surface area contributed by atoms with E-state index in [1.54, 1.807) is 0 Å². The van der Waals surface area contributed by atoms with Crippen LogP contribution in [0.15, 0.2) is 0 Å². The summed E-state index contributed by atoms with van der Waals surface area (Å²) in [7, 11) is 0. The van der Waals surface area contributed by atoms with E-state index in [4.69, 9.17) is 4.84 Å². The van der Waals surface area contributed by atoms with Gasteiger partial charge in [-0.1, -0.05) is 6.42 Å². The van der Waals surface area contributed by atoms with E-state index in [1.165, 1.54) is 32.1 Å². The van der Waals surface area contributed by atoms with Gasteiger partial charge in [0.2, 0.25) is 0 Å². The molecule has 3 nitrogen and oxygen atoms in total. The summed E-state index contributed by atoms with van der Waals surface area (Å²) >= 11 is 0. The second-order valence-electron chi connectivity index (χ2n) is 5.04. The Morgan fingerprint density at radius 3 is 2.86 bits per heavy atom. The Bertz CT molecular complexity index is 233. The molecule has 1 saturated carbocycles. The Morgan fingerprint density at radius 1 is 1.29 bits per heavy atom. The van der Waals surface area contributed by atoms with Gasteiger partial charge in [0.15, 0.2) is 0 Å². The Labute approximate surface area is 85.0 Å². The van der Waals surface area contributed by atoms with Gasteiger partial charge < -0.3 is 5.11 Å². The van der Waals surface area contributed by atoms with E-state index < -0.39 is 0 Å². The number of hydroxylamine groups is 2. The van der Waals surface area contributed by atoms with E-state index in [9.17, 15) is 5.11 Å². The lowest BCUT2D eigenvalue weighted by Crippen LogP contribution is -2.54. The molecule has 2 saturated heterocycles. The maximum atomic E-state index is 9.33. The molecule has 1 aliphatic carbocycles. The molecule has 0 radical (unpaired) electrons. The SMILES string of the molecule is OC[C@@H]1CCC[C@@]23CCC[C@@H]2CON13. The first-order valence-electron chi connectivity index (χ1n) is 5.90. The lowest BCUT2D eigenvalue weighted by atomic mass is 9.79. The van der Waals surface area contributed by atoms with Crippen LogP contribution in [0.4, 0.5) is 0 Å². The van der Waals surface area contributed by atoms with Crippen LogP contribution < -0.4 is 0 Å². The van der Waals surface area contributed by atoms with Crippen molar-refractivity contribution in [3.05, 3.63) is 0 Å². The molecule has 0 aromatic heterocycles. The molecule has 3 atom stereocenters. The fraction of sp³-hybridized carbons (Fsp3) is 1.00. The molecule has 2 aliphatic heterocycles. The lowest BCUT2D eigenvalue weighted by Gasteiger charge is -2.44. The molecule has 0 aromatic carbocycles. The smallest absolute Gasteiger partial charge is 0.0732 e. The summed E-state index contributed by atoms with van der Waals surface area (Å²) in [4.78, 5) is 5.79. The van der Waals surface area contributed by atoms with Crippen LogP contribution in [0.2, 0.25) is 0 Å². The van der Waals surface area contributed by atoms with Crippen molar-refractivity contribution in [2.75, 3.05) is 13.2 Å². The van der Waals surface area contributed by atoms with Gasteiger partial charge in [-0.2, -0.15) is 5.06 Å². The highest BCUT2D eigenvalue weighted by atomic mass is 16.7. The second kappa shape index (κ2) is 3.19. The molecule has 3 fully saturated rings. The van der Waals surface area contributed by atoms with Crippen molar-refractivity contribution in [2.45, 2.75) is 50.1 Å². The van der Waals surface area contributed by atoms with Gasteiger partial charge in [-0.3, -0.25) is 4.84 Å². The van der Waals surface area contributed by atoms with Crippen molar-refractivity contribution in [2.24, 2.45) is 5.92 Å². The van der Waals surface area contributed by atoms with Gasteiger partial charge in [-0.15, -0.1) is 0 Å². The third-order valence-electron chi connectivity index (χ3n) is 4.47. The number of nitrogens with zero attached hydrogens (tertiary/aromatic N) is 1. The highest BCUT2D eigenvalue weighted by Crippen LogP contribution is 2.51. The lowest BCUT2D eigenvalue weighted by molar-refractivity contribution is -0.216. The number of hydrogen-bond donors (Lipinski definition) is 1. The van der Waals surface area contributed by atoms with Gasteiger partial charge in [-0.05, 0) is 32.1 Å². The average Bonchev–Trinajstić information content (AvgIpc) is 2.72. The van der Waals surface area contributed by atoms with Crippen molar-refractivity contribution in [1.82, 2.24) is 5.06 Å². The number of hydrogen-bond acceptors (Lipinski definition) is 3. The van der Waals surface area contributed by atoms with Crippen molar-refractivity contribution >= 4 is 0 Å². The minimum Gasteiger partial charge on any atom is -0.395 e. The molecule has 14 heavy (non-hydrogen) atoms. The number of aliphatic hydroxyl groups is 1. The molecule has 1 N–H and O–H groups in total. The maximum Gasteiger partial charge on any atom is 0.0732 e. The van der Waals surface area contributed by atoms with Crippen LogP contribution in [0.25, 0.3) is 0 Å². The molecule has 1 spiro atoms. The molecule has 0 bridgehead atoms. The number of aliphatic hydroxyl groups excluding tert-OH is 1. The standard InChI is InChI=1S/C11H19NO2/c13-7-10-4-2-6-11-5-1-3-9(11)8-14-12(10)11/h9-10,13H,1-8H2/t9-,10+,11+/m1/s1. The molecule has 0 unspecified atom stereocenters. The van der Waals surface area contributed by atoms with Gasteiger partial charge >= 0.3 is 0 Å². The molecule has 3 heteroatoms. The Balaban J connectivity index is 1.89. The summed E-state index contributed by atoms with van der Waals surface area (Å²) < 4.78 is 0. The normalized spacial score (nSPS) is 47.8. The third-order valence-corrected chi connectivity index (χ3v) is 4.47. The molecular formula is C11H19NO2. The van der Waals surface area contributed by atoms with E-state index in [1.807, 2.05) is 0 Å². The van der Waals surface area contributed by atoms with E-state index in [0.717, 1.165) is 18.9 Å².